The van der Waals surface area contributed by atoms with Crippen molar-refractivity contribution in [3.8, 4) is 0 Å². The fourth-order valence-corrected chi connectivity index (χ4v) is 2.32. The maximum Gasteiger partial charge on any atom is 0.255 e. The lowest BCUT2D eigenvalue weighted by Crippen LogP contribution is -2.14. The Hall–Kier alpha value is -3.15. The first-order valence-corrected chi connectivity index (χ1v) is 7.62. The minimum Gasteiger partial charge on any atom is -0.378 e. The second kappa shape index (κ2) is 6.95. The number of pyridine rings is 1. The number of hydrogen-bond donors (Lipinski definition) is 1. The van der Waals surface area contributed by atoms with E-state index in [9.17, 15) is 4.79 Å². The zero-order valence-electron chi connectivity index (χ0n) is 13.7. The van der Waals surface area contributed by atoms with Crippen molar-refractivity contribution in [3.05, 3.63) is 72.3 Å². The van der Waals surface area contributed by atoms with Crippen LogP contribution in [0.15, 0.2) is 61.2 Å². The number of amides is 1. The molecule has 0 saturated heterocycles. The monoisotopic (exact) mass is 321 g/mol. The Balaban J connectivity index is 1.68. The maximum absolute atomic E-state index is 12.4. The van der Waals surface area contributed by atoms with Crippen LogP contribution < -0.4 is 10.2 Å². The highest BCUT2D eigenvalue weighted by Gasteiger charge is 2.09. The third kappa shape index (κ3) is 3.78. The molecule has 6 nitrogen and oxygen atoms in total. The van der Waals surface area contributed by atoms with Crippen LogP contribution in [-0.2, 0) is 6.54 Å². The van der Waals surface area contributed by atoms with Gasteiger partial charge in [-0.3, -0.25) is 14.5 Å². The predicted octanol–water partition coefficient (Wildman–Crippen LogP) is 2.64. The summed E-state index contributed by atoms with van der Waals surface area (Å²) < 4.78 is 1.77. The Morgan fingerprint density at radius 3 is 2.83 bits per heavy atom. The molecule has 0 fully saturated rings. The number of nitrogens with zero attached hydrogens (tertiary/aromatic N) is 4. The molecule has 0 atom stereocenters. The molecule has 0 aliphatic carbocycles. The SMILES string of the molecule is CN(C)c1cccc(C(=O)Nc2cnn(Cc3cccnc3)c2)c1. The molecule has 0 radical (unpaired) electrons. The van der Waals surface area contributed by atoms with Crippen molar-refractivity contribution in [1.29, 1.82) is 0 Å². The highest BCUT2D eigenvalue weighted by atomic mass is 16.1. The molecule has 1 amide bonds. The lowest BCUT2D eigenvalue weighted by Gasteiger charge is -2.13. The number of rotatable bonds is 5. The van der Waals surface area contributed by atoms with Crippen LogP contribution in [0.3, 0.4) is 0 Å². The first-order chi connectivity index (χ1) is 11.6. The topological polar surface area (TPSA) is 63.1 Å². The van der Waals surface area contributed by atoms with Crippen LogP contribution in [0.2, 0.25) is 0 Å². The zero-order valence-corrected chi connectivity index (χ0v) is 13.7. The fourth-order valence-electron chi connectivity index (χ4n) is 2.32. The number of benzene rings is 1. The van der Waals surface area contributed by atoms with Crippen molar-refractivity contribution >= 4 is 17.3 Å². The standard InChI is InChI=1S/C18H19N5O/c1-22(2)17-7-3-6-15(9-17)18(24)21-16-11-20-23(13-16)12-14-5-4-8-19-10-14/h3-11,13H,12H2,1-2H3,(H,21,24). The molecule has 24 heavy (non-hydrogen) atoms. The Kier molecular flexibility index (Phi) is 4.56. The van der Waals surface area contributed by atoms with Gasteiger partial charge in [-0.1, -0.05) is 12.1 Å². The summed E-state index contributed by atoms with van der Waals surface area (Å²) in [6.07, 6.45) is 6.98. The molecule has 0 saturated carbocycles. The number of aromatic nitrogens is 3. The van der Waals surface area contributed by atoms with Crippen molar-refractivity contribution < 1.29 is 4.79 Å². The van der Waals surface area contributed by atoms with E-state index < -0.39 is 0 Å². The molecule has 0 aliphatic heterocycles. The van der Waals surface area contributed by atoms with Gasteiger partial charge >= 0.3 is 0 Å². The highest BCUT2D eigenvalue weighted by molar-refractivity contribution is 6.04. The van der Waals surface area contributed by atoms with Gasteiger partial charge in [0.1, 0.15) is 0 Å². The highest BCUT2D eigenvalue weighted by Crippen LogP contribution is 2.15. The number of nitrogens with one attached hydrogen (secondary N) is 1. The number of carbonyl (C=O) groups is 1. The summed E-state index contributed by atoms with van der Waals surface area (Å²) >= 11 is 0. The van der Waals surface area contributed by atoms with Gasteiger partial charge in [-0.05, 0) is 29.8 Å². The summed E-state index contributed by atoms with van der Waals surface area (Å²) in [4.78, 5) is 18.4. The van der Waals surface area contributed by atoms with Crippen molar-refractivity contribution in [2.45, 2.75) is 6.54 Å². The summed E-state index contributed by atoms with van der Waals surface area (Å²) in [5.41, 5.74) is 3.31. The first kappa shape index (κ1) is 15.7. The Morgan fingerprint density at radius 1 is 1.21 bits per heavy atom. The molecule has 3 aromatic rings. The van der Waals surface area contributed by atoms with Gasteiger partial charge in [-0.25, -0.2) is 0 Å². The van der Waals surface area contributed by atoms with Gasteiger partial charge in [0.15, 0.2) is 0 Å². The Bertz CT molecular complexity index is 826. The Morgan fingerprint density at radius 2 is 2.08 bits per heavy atom. The zero-order chi connectivity index (χ0) is 16.9. The lowest BCUT2D eigenvalue weighted by atomic mass is 10.2. The summed E-state index contributed by atoms with van der Waals surface area (Å²) in [5.74, 6) is -0.153. The minimum absolute atomic E-state index is 0.153. The second-order valence-corrected chi connectivity index (χ2v) is 5.69. The Labute approximate surface area is 140 Å². The van der Waals surface area contributed by atoms with Crippen molar-refractivity contribution in [1.82, 2.24) is 14.8 Å². The van der Waals surface area contributed by atoms with E-state index in [1.54, 1.807) is 35.5 Å². The largest absolute Gasteiger partial charge is 0.378 e. The van der Waals surface area contributed by atoms with Gasteiger partial charge in [0, 0.05) is 43.9 Å². The van der Waals surface area contributed by atoms with Crippen LogP contribution in [0.1, 0.15) is 15.9 Å². The second-order valence-electron chi connectivity index (χ2n) is 5.69. The molecule has 3 rings (SSSR count). The van der Waals surface area contributed by atoms with Gasteiger partial charge in [0.2, 0.25) is 0 Å². The number of anilines is 2. The third-order valence-corrected chi connectivity index (χ3v) is 3.58. The van der Waals surface area contributed by atoms with Crippen molar-refractivity contribution in [2.24, 2.45) is 0 Å². The van der Waals surface area contributed by atoms with Gasteiger partial charge in [-0.15, -0.1) is 0 Å². The quantitative estimate of drug-likeness (QED) is 0.785. The van der Waals surface area contributed by atoms with Gasteiger partial charge in [-0.2, -0.15) is 5.10 Å². The van der Waals surface area contributed by atoms with Crippen molar-refractivity contribution in [3.63, 3.8) is 0 Å². The van der Waals surface area contributed by atoms with Gasteiger partial charge in [0.05, 0.1) is 18.4 Å². The predicted molar refractivity (Wildman–Crippen MR) is 94.3 cm³/mol. The molecule has 122 valence electrons. The summed E-state index contributed by atoms with van der Waals surface area (Å²) in [7, 11) is 3.89. The normalized spacial score (nSPS) is 10.4. The molecule has 0 spiro atoms. The fraction of sp³-hybridized carbons (Fsp3) is 0.167. The van der Waals surface area contributed by atoms with Crippen LogP contribution in [0.5, 0.6) is 0 Å². The van der Waals surface area contributed by atoms with E-state index in [2.05, 4.69) is 15.4 Å². The van der Waals surface area contributed by atoms with E-state index in [4.69, 9.17) is 0 Å². The molecule has 2 aromatic heterocycles. The average Bonchev–Trinajstić information content (AvgIpc) is 3.02. The summed E-state index contributed by atoms with van der Waals surface area (Å²) in [6, 6.07) is 11.4. The van der Waals surface area contributed by atoms with E-state index in [-0.39, 0.29) is 5.91 Å². The molecular formula is C18H19N5O. The van der Waals surface area contributed by atoms with E-state index in [0.717, 1.165) is 11.3 Å². The van der Waals surface area contributed by atoms with Crippen LogP contribution in [0, 0.1) is 0 Å². The molecule has 6 heteroatoms. The summed E-state index contributed by atoms with van der Waals surface area (Å²) in [6.45, 7) is 0.611. The van der Waals surface area contributed by atoms with E-state index in [1.165, 1.54) is 0 Å². The molecule has 0 unspecified atom stereocenters. The van der Waals surface area contributed by atoms with Gasteiger partial charge in [0.25, 0.3) is 5.91 Å². The van der Waals surface area contributed by atoms with E-state index in [0.29, 0.717) is 17.8 Å². The van der Waals surface area contributed by atoms with Crippen LogP contribution in [0.25, 0.3) is 0 Å². The van der Waals surface area contributed by atoms with Crippen molar-refractivity contribution in [2.75, 3.05) is 24.3 Å². The first-order valence-electron chi connectivity index (χ1n) is 7.62. The maximum atomic E-state index is 12.4. The molecule has 1 aromatic carbocycles. The van der Waals surface area contributed by atoms with Crippen LogP contribution in [-0.4, -0.2) is 34.8 Å². The van der Waals surface area contributed by atoms with Crippen LogP contribution in [0.4, 0.5) is 11.4 Å². The third-order valence-electron chi connectivity index (χ3n) is 3.58. The van der Waals surface area contributed by atoms with E-state index >= 15 is 0 Å². The average molecular weight is 321 g/mol. The minimum atomic E-state index is -0.153. The lowest BCUT2D eigenvalue weighted by molar-refractivity contribution is 0.102. The molecule has 0 bridgehead atoms. The van der Waals surface area contributed by atoms with E-state index in [1.807, 2.05) is 49.3 Å². The smallest absolute Gasteiger partial charge is 0.255 e. The number of hydrogen-bond acceptors (Lipinski definition) is 4. The molecule has 1 N–H and O–H groups in total. The molecule has 2 heterocycles. The molecular weight excluding hydrogens is 302 g/mol. The van der Waals surface area contributed by atoms with Gasteiger partial charge < -0.3 is 10.2 Å². The molecule has 0 aliphatic rings. The number of carbonyl (C=O) groups excluding carboxylic acids is 1. The van der Waals surface area contributed by atoms with Crippen LogP contribution >= 0.6 is 0 Å². The summed E-state index contributed by atoms with van der Waals surface area (Å²) in [5, 5.41) is 7.14.